The first-order chi connectivity index (χ1) is 7.88. The van der Waals surface area contributed by atoms with Crippen LogP contribution in [0.4, 0.5) is 0 Å². The molecule has 0 aliphatic heterocycles. The van der Waals surface area contributed by atoms with Gasteiger partial charge in [-0.05, 0) is 32.1 Å². The van der Waals surface area contributed by atoms with E-state index in [9.17, 15) is 0 Å². The van der Waals surface area contributed by atoms with E-state index in [0.29, 0.717) is 6.04 Å². The molecule has 4 heteroatoms. The van der Waals surface area contributed by atoms with Crippen molar-refractivity contribution in [2.75, 3.05) is 0 Å². The van der Waals surface area contributed by atoms with Crippen molar-refractivity contribution in [2.24, 2.45) is 5.84 Å². The Kier molecular flexibility index (Phi) is 4.51. The first-order valence-corrected chi connectivity index (χ1v) is 6.78. The Morgan fingerprint density at radius 3 is 3.00 bits per heavy atom. The Morgan fingerprint density at radius 1 is 1.44 bits per heavy atom. The minimum Gasteiger partial charge on any atom is -0.271 e. The summed E-state index contributed by atoms with van der Waals surface area (Å²) in [4.78, 5) is 5.40. The fourth-order valence-electron chi connectivity index (χ4n) is 2.18. The molecule has 1 heterocycles. The molecule has 0 saturated carbocycles. The summed E-state index contributed by atoms with van der Waals surface area (Å²) < 4.78 is 0. The van der Waals surface area contributed by atoms with Gasteiger partial charge in [-0.15, -0.1) is 11.3 Å². The van der Waals surface area contributed by atoms with Gasteiger partial charge in [0, 0.05) is 23.5 Å². The molecule has 2 rings (SSSR count). The lowest BCUT2D eigenvalue weighted by atomic mass is 9.93. The van der Waals surface area contributed by atoms with Crippen LogP contribution in [-0.2, 0) is 6.42 Å². The second-order valence-corrected chi connectivity index (χ2v) is 5.32. The Morgan fingerprint density at radius 2 is 2.38 bits per heavy atom. The minimum atomic E-state index is 0.352. The zero-order chi connectivity index (χ0) is 11.2. The average molecular weight is 237 g/mol. The van der Waals surface area contributed by atoms with Gasteiger partial charge < -0.3 is 0 Å². The van der Waals surface area contributed by atoms with Crippen LogP contribution in [0.25, 0.3) is 0 Å². The van der Waals surface area contributed by atoms with Crippen LogP contribution in [0, 0.1) is 0 Å². The van der Waals surface area contributed by atoms with Crippen LogP contribution >= 0.6 is 11.3 Å². The monoisotopic (exact) mass is 237 g/mol. The van der Waals surface area contributed by atoms with Gasteiger partial charge in [0.05, 0.1) is 5.51 Å². The highest BCUT2D eigenvalue weighted by molar-refractivity contribution is 7.09. The van der Waals surface area contributed by atoms with Crippen LogP contribution in [0.1, 0.15) is 37.0 Å². The zero-order valence-electron chi connectivity index (χ0n) is 9.48. The number of nitrogens with one attached hydrogen (secondary N) is 1. The van der Waals surface area contributed by atoms with E-state index in [1.54, 1.807) is 16.9 Å². The van der Waals surface area contributed by atoms with E-state index in [1.165, 1.54) is 30.6 Å². The molecule has 16 heavy (non-hydrogen) atoms. The van der Waals surface area contributed by atoms with E-state index in [2.05, 4.69) is 16.5 Å². The molecule has 1 aliphatic carbocycles. The van der Waals surface area contributed by atoms with E-state index < -0.39 is 0 Å². The summed E-state index contributed by atoms with van der Waals surface area (Å²) >= 11 is 1.70. The normalized spacial score (nSPS) is 18.2. The Bertz CT molecular complexity index is 332. The van der Waals surface area contributed by atoms with Crippen molar-refractivity contribution in [2.45, 2.75) is 44.6 Å². The van der Waals surface area contributed by atoms with Crippen LogP contribution in [0.15, 0.2) is 23.4 Å². The first-order valence-electron chi connectivity index (χ1n) is 5.90. The standard InChI is InChI=1S/C12H19N3S/c13-15-11(7-12-8-14-9-16-12)6-10-4-2-1-3-5-10/h4,8-9,11,15H,1-3,5-7,13H2. The number of thiazole rings is 1. The predicted octanol–water partition coefficient (Wildman–Crippen LogP) is 2.41. The van der Waals surface area contributed by atoms with Crippen LogP contribution in [0.5, 0.6) is 0 Å². The summed E-state index contributed by atoms with van der Waals surface area (Å²) in [5.41, 5.74) is 6.37. The van der Waals surface area contributed by atoms with Crippen molar-refractivity contribution in [1.82, 2.24) is 10.4 Å². The molecule has 0 bridgehead atoms. The lowest BCUT2D eigenvalue weighted by Crippen LogP contribution is -2.37. The largest absolute Gasteiger partial charge is 0.271 e. The number of allylic oxidation sites excluding steroid dienone is 1. The molecular weight excluding hydrogens is 218 g/mol. The summed E-state index contributed by atoms with van der Waals surface area (Å²) in [5.74, 6) is 5.61. The second kappa shape index (κ2) is 6.13. The number of hydrogen-bond acceptors (Lipinski definition) is 4. The maximum atomic E-state index is 5.61. The van der Waals surface area contributed by atoms with Gasteiger partial charge in [0.15, 0.2) is 0 Å². The third-order valence-electron chi connectivity index (χ3n) is 3.06. The summed E-state index contributed by atoms with van der Waals surface area (Å²) in [6.07, 6.45) is 11.6. The molecule has 0 saturated heterocycles. The Labute approximate surface area is 101 Å². The maximum Gasteiger partial charge on any atom is 0.0794 e. The fourth-order valence-corrected chi connectivity index (χ4v) is 2.86. The second-order valence-electron chi connectivity index (χ2n) is 4.35. The summed E-state index contributed by atoms with van der Waals surface area (Å²) in [6, 6.07) is 0.352. The van der Waals surface area contributed by atoms with E-state index in [4.69, 9.17) is 5.84 Å². The van der Waals surface area contributed by atoms with Gasteiger partial charge in [0.25, 0.3) is 0 Å². The molecular formula is C12H19N3S. The molecule has 1 aliphatic rings. The van der Waals surface area contributed by atoms with Gasteiger partial charge in [0.1, 0.15) is 0 Å². The maximum absolute atomic E-state index is 5.61. The van der Waals surface area contributed by atoms with Gasteiger partial charge in [0.2, 0.25) is 0 Å². The molecule has 1 unspecified atom stereocenters. The Balaban J connectivity index is 1.87. The predicted molar refractivity (Wildman–Crippen MR) is 68.1 cm³/mol. The van der Waals surface area contributed by atoms with Crippen molar-refractivity contribution in [3.63, 3.8) is 0 Å². The van der Waals surface area contributed by atoms with Crippen LogP contribution in [0.3, 0.4) is 0 Å². The number of aromatic nitrogens is 1. The van der Waals surface area contributed by atoms with Crippen molar-refractivity contribution in [1.29, 1.82) is 0 Å². The number of hydrazine groups is 1. The highest BCUT2D eigenvalue weighted by Gasteiger charge is 2.12. The molecule has 1 aromatic heterocycles. The lowest BCUT2D eigenvalue weighted by molar-refractivity contribution is 0.507. The number of nitrogens with zero attached hydrogens (tertiary/aromatic N) is 1. The van der Waals surface area contributed by atoms with Crippen molar-refractivity contribution >= 4 is 11.3 Å². The lowest BCUT2D eigenvalue weighted by Gasteiger charge is -2.19. The van der Waals surface area contributed by atoms with Crippen LogP contribution in [-0.4, -0.2) is 11.0 Å². The topological polar surface area (TPSA) is 50.9 Å². The first kappa shape index (κ1) is 11.8. The number of nitrogens with two attached hydrogens (primary N) is 1. The van der Waals surface area contributed by atoms with E-state index in [1.807, 2.05) is 11.7 Å². The summed E-state index contributed by atoms with van der Waals surface area (Å²) in [5, 5.41) is 0. The van der Waals surface area contributed by atoms with E-state index in [-0.39, 0.29) is 0 Å². The van der Waals surface area contributed by atoms with Crippen molar-refractivity contribution < 1.29 is 0 Å². The highest BCUT2D eigenvalue weighted by Crippen LogP contribution is 2.22. The smallest absolute Gasteiger partial charge is 0.0794 e. The molecule has 3 N–H and O–H groups in total. The molecule has 0 radical (unpaired) electrons. The third-order valence-corrected chi connectivity index (χ3v) is 3.86. The average Bonchev–Trinajstić information content (AvgIpc) is 2.82. The zero-order valence-corrected chi connectivity index (χ0v) is 10.3. The quantitative estimate of drug-likeness (QED) is 0.470. The number of rotatable bonds is 5. The fraction of sp³-hybridized carbons (Fsp3) is 0.583. The van der Waals surface area contributed by atoms with E-state index in [0.717, 1.165) is 12.8 Å². The van der Waals surface area contributed by atoms with Crippen LogP contribution in [0.2, 0.25) is 0 Å². The van der Waals surface area contributed by atoms with Gasteiger partial charge >= 0.3 is 0 Å². The third kappa shape index (κ3) is 3.40. The van der Waals surface area contributed by atoms with Gasteiger partial charge in [-0.3, -0.25) is 16.3 Å². The summed E-state index contributed by atoms with van der Waals surface area (Å²) in [6.45, 7) is 0. The highest BCUT2D eigenvalue weighted by atomic mass is 32.1. The van der Waals surface area contributed by atoms with E-state index >= 15 is 0 Å². The SMILES string of the molecule is NNC(CC1=CCCCC1)Cc1cncs1. The van der Waals surface area contributed by atoms with Crippen molar-refractivity contribution in [3.8, 4) is 0 Å². The summed E-state index contributed by atoms with van der Waals surface area (Å²) in [7, 11) is 0. The molecule has 3 nitrogen and oxygen atoms in total. The molecule has 0 amide bonds. The number of hydrogen-bond donors (Lipinski definition) is 2. The molecule has 1 aromatic rings. The van der Waals surface area contributed by atoms with Gasteiger partial charge in [-0.25, -0.2) is 0 Å². The molecule has 0 spiro atoms. The molecule has 0 fully saturated rings. The van der Waals surface area contributed by atoms with Crippen LogP contribution < -0.4 is 11.3 Å². The Hall–Kier alpha value is -0.710. The molecule has 88 valence electrons. The minimum absolute atomic E-state index is 0.352. The van der Waals surface area contributed by atoms with Gasteiger partial charge in [-0.2, -0.15) is 0 Å². The van der Waals surface area contributed by atoms with Crippen molar-refractivity contribution in [3.05, 3.63) is 28.2 Å². The molecule has 1 atom stereocenters. The van der Waals surface area contributed by atoms with Gasteiger partial charge in [-0.1, -0.05) is 11.6 Å². The molecule has 0 aromatic carbocycles.